The number of carbonyl (C=O) groups excluding carboxylic acids is 2. The van der Waals surface area contributed by atoms with Crippen LogP contribution in [0.3, 0.4) is 0 Å². The molecule has 1 atom stereocenters. The zero-order valence-corrected chi connectivity index (χ0v) is 16.4. The molecule has 32 heavy (non-hydrogen) atoms. The third-order valence-corrected chi connectivity index (χ3v) is 4.99. The molecule has 1 saturated heterocycles. The lowest BCUT2D eigenvalue weighted by atomic mass is 9.99. The number of nitro groups is 1. The molecule has 1 N–H and O–H groups in total. The number of Topliss-reactive ketones (excluding diaryl/α,β-unsaturated/α-hetero) is 1. The second-order valence-corrected chi connectivity index (χ2v) is 7.02. The molecule has 2 heterocycles. The van der Waals surface area contributed by atoms with Crippen molar-refractivity contribution >= 4 is 28.8 Å². The van der Waals surface area contributed by atoms with E-state index >= 15 is 0 Å². The Balaban J connectivity index is 1.93. The minimum Gasteiger partial charge on any atom is -0.507 e. The van der Waals surface area contributed by atoms with E-state index in [2.05, 4.69) is 0 Å². The van der Waals surface area contributed by atoms with Gasteiger partial charge in [0.25, 0.3) is 17.4 Å². The van der Waals surface area contributed by atoms with E-state index in [0.717, 1.165) is 35.2 Å². The number of aliphatic hydroxyl groups excluding tert-OH is 1. The van der Waals surface area contributed by atoms with Gasteiger partial charge in [-0.25, -0.2) is 8.78 Å². The van der Waals surface area contributed by atoms with Gasteiger partial charge in [-0.3, -0.25) is 24.6 Å². The van der Waals surface area contributed by atoms with Crippen molar-refractivity contribution in [3.63, 3.8) is 0 Å². The molecule has 8 nitrogen and oxygen atoms in total. The van der Waals surface area contributed by atoms with E-state index < -0.39 is 51.3 Å². The molecule has 10 heteroatoms. The molecule has 0 bridgehead atoms. The van der Waals surface area contributed by atoms with Crippen molar-refractivity contribution in [2.45, 2.75) is 13.0 Å². The predicted molar refractivity (Wildman–Crippen MR) is 108 cm³/mol. The normalized spacial score (nSPS) is 17.7. The van der Waals surface area contributed by atoms with Crippen LogP contribution in [-0.2, 0) is 9.59 Å². The number of carbonyl (C=O) groups is 2. The first-order chi connectivity index (χ1) is 15.2. The molecule has 2 aromatic carbocycles. The largest absolute Gasteiger partial charge is 0.507 e. The van der Waals surface area contributed by atoms with E-state index in [1.54, 1.807) is 13.0 Å². The fourth-order valence-corrected chi connectivity index (χ4v) is 3.52. The van der Waals surface area contributed by atoms with Gasteiger partial charge in [0.05, 0.1) is 16.2 Å². The number of rotatable bonds is 4. The molecule has 1 amide bonds. The van der Waals surface area contributed by atoms with Gasteiger partial charge in [-0.2, -0.15) is 0 Å². The lowest BCUT2D eigenvalue weighted by molar-refractivity contribution is -0.384. The summed E-state index contributed by atoms with van der Waals surface area (Å²) in [7, 11) is 0. The number of non-ortho nitro benzene ring substituents is 1. The van der Waals surface area contributed by atoms with Gasteiger partial charge in [0.15, 0.2) is 0 Å². The second-order valence-electron chi connectivity index (χ2n) is 7.02. The number of ketones is 1. The molecule has 0 saturated carbocycles. The number of nitro benzene ring substituents is 1. The van der Waals surface area contributed by atoms with Crippen LogP contribution in [0.15, 0.2) is 64.6 Å². The molecule has 4 rings (SSSR count). The van der Waals surface area contributed by atoms with Gasteiger partial charge < -0.3 is 9.52 Å². The summed E-state index contributed by atoms with van der Waals surface area (Å²) in [4.78, 5) is 36.7. The number of halogens is 2. The van der Waals surface area contributed by atoms with Crippen molar-refractivity contribution in [2.24, 2.45) is 0 Å². The van der Waals surface area contributed by atoms with Gasteiger partial charge in [-0.05, 0) is 43.3 Å². The van der Waals surface area contributed by atoms with Gasteiger partial charge in [-0.15, -0.1) is 0 Å². The maximum Gasteiger partial charge on any atom is 0.300 e. The molecular formula is C22H14F2N2O6. The first-order valence-corrected chi connectivity index (χ1v) is 9.26. The highest BCUT2D eigenvalue weighted by Crippen LogP contribution is 2.43. The van der Waals surface area contributed by atoms with Gasteiger partial charge >= 0.3 is 0 Å². The van der Waals surface area contributed by atoms with E-state index in [1.165, 1.54) is 18.2 Å². The Morgan fingerprint density at radius 3 is 2.38 bits per heavy atom. The minimum atomic E-state index is -1.39. The van der Waals surface area contributed by atoms with Crippen LogP contribution in [0, 0.1) is 28.7 Å². The summed E-state index contributed by atoms with van der Waals surface area (Å²) in [5.41, 5.74) is -1.17. The van der Waals surface area contributed by atoms with Crippen LogP contribution in [-0.4, -0.2) is 21.7 Å². The summed E-state index contributed by atoms with van der Waals surface area (Å²) >= 11 is 0. The van der Waals surface area contributed by atoms with E-state index in [1.807, 2.05) is 0 Å². The number of furan rings is 1. The molecule has 1 unspecified atom stereocenters. The van der Waals surface area contributed by atoms with Gasteiger partial charge in [-0.1, -0.05) is 0 Å². The third kappa shape index (κ3) is 3.41. The summed E-state index contributed by atoms with van der Waals surface area (Å²) in [5.74, 6) is -4.34. The van der Waals surface area contributed by atoms with Crippen LogP contribution in [0.5, 0.6) is 0 Å². The van der Waals surface area contributed by atoms with Crippen molar-refractivity contribution in [3.8, 4) is 0 Å². The van der Waals surface area contributed by atoms with Gasteiger partial charge in [0.1, 0.15) is 35.0 Å². The Morgan fingerprint density at radius 1 is 1.09 bits per heavy atom. The molecule has 1 aromatic heterocycles. The van der Waals surface area contributed by atoms with E-state index in [-0.39, 0.29) is 17.0 Å². The summed E-state index contributed by atoms with van der Waals surface area (Å²) in [5, 5.41) is 21.7. The number of hydrogen-bond donors (Lipinski definition) is 1. The maximum absolute atomic E-state index is 14.5. The second kappa shape index (κ2) is 7.73. The van der Waals surface area contributed by atoms with Crippen molar-refractivity contribution in [3.05, 3.63) is 99.0 Å². The van der Waals surface area contributed by atoms with Crippen LogP contribution in [0.2, 0.25) is 0 Å². The first kappa shape index (κ1) is 20.9. The minimum absolute atomic E-state index is 0.0154. The van der Waals surface area contributed by atoms with Crippen molar-refractivity contribution in [1.29, 1.82) is 0 Å². The number of anilines is 1. The Morgan fingerprint density at radius 2 is 1.78 bits per heavy atom. The summed E-state index contributed by atoms with van der Waals surface area (Å²) in [6.45, 7) is 1.61. The summed E-state index contributed by atoms with van der Waals surface area (Å²) in [6, 6.07) is 8.66. The lowest BCUT2D eigenvalue weighted by Crippen LogP contribution is -2.30. The Hall–Kier alpha value is -4.34. The number of hydrogen-bond acceptors (Lipinski definition) is 6. The Kier molecular flexibility index (Phi) is 5.05. The molecule has 1 aliphatic rings. The van der Waals surface area contributed by atoms with Crippen LogP contribution < -0.4 is 4.90 Å². The monoisotopic (exact) mass is 440 g/mol. The predicted octanol–water partition coefficient (Wildman–Crippen LogP) is 4.40. The van der Waals surface area contributed by atoms with E-state index in [4.69, 9.17) is 4.42 Å². The van der Waals surface area contributed by atoms with Crippen LogP contribution >= 0.6 is 0 Å². The van der Waals surface area contributed by atoms with E-state index in [0.29, 0.717) is 5.76 Å². The number of benzene rings is 2. The molecular weight excluding hydrogens is 426 g/mol. The quantitative estimate of drug-likeness (QED) is 0.211. The van der Waals surface area contributed by atoms with Crippen molar-refractivity contribution < 1.29 is 32.8 Å². The maximum atomic E-state index is 14.5. The smallest absolute Gasteiger partial charge is 0.300 e. The highest BCUT2D eigenvalue weighted by Gasteiger charge is 2.49. The zero-order valence-electron chi connectivity index (χ0n) is 16.4. The fraction of sp³-hybridized carbons (Fsp3) is 0.0909. The van der Waals surface area contributed by atoms with Crippen LogP contribution in [0.25, 0.3) is 5.76 Å². The SMILES string of the molecule is Cc1ccc(C2/C(=C(/O)c3ccc([N+](=O)[O-])cc3)C(=O)C(=O)N2c2cc(F)ccc2F)o1. The number of nitrogens with zero attached hydrogens (tertiary/aromatic N) is 2. The lowest BCUT2D eigenvalue weighted by Gasteiger charge is -2.23. The van der Waals surface area contributed by atoms with Crippen molar-refractivity contribution in [2.75, 3.05) is 4.90 Å². The number of amides is 1. The summed E-state index contributed by atoms with van der Waals surface area (Å²) in [6.07, 6.45) is 0. The molecule has 162 valence electrons. The molecule has 1 aliphatic heterocycles. The average molecular weight is 440 g/mol. The van der Waals surface area contributed by atoms with Crippen molar-refractivity contribution in [1.82, 2.24) is 0 Å². The molecule has 3 aromatic rings. The summed E-state index contributed by atoms with van der Waals surface area (Å²) < 4.78 is 34.0. The molecule has 0 aliphatic carbocycles. The van der Waals surface area contributed by atoms with Crippen LogP contribution in [0.4, 0.5) is 20.2 Å². The van der Waals surface area contributed by atoms with Gasteiger partial charge in [0, 0.05) is 23.8 Å². The fourth-order valence-electron chi connectivity index (χ4n) is 3.52. The molecule has 1 fully saturated rings. The highest BCUT2D eigenvalue weighted by atomic mass is 19.1. The number of aliphatic hydroxyl groups is 1. The number of aryl methyl sites for hydroxylation is 1. The van der Waals surface area contributed by atoms with E-state index in [9.17, 15) is 33.6 Å². The topological polar surface area (TPSA) is 114 Å². The standard InChI is InChI=1S/C22H14F2N2O6/c1-11-2-9-17(32-11)19-18(20(27)12-3-6-14(7-4-12)26(30)31)21(28)22(29)25(19)16-10-13(23)5-8-15(16)24/h2-10,19,27H,1H3/b20-18-. The first-order valence-electron chi connectivity index (χ1n) is 9.26. The molecule has 0 radical (unpaired) electrons. The average Bonchev–Trinajstić information content (AvgIpc) is 3.30. The Labute approximate surface area is 179 Å². The molecule has 0 spiro atoms. The van der Waals surface area contributed by atoms with Crippen LogP contribution in [0.1, 0.15) is 23.1 Å². The van der Waals surface area contributed by atoms with Gasteiger partial charge in [0.2, 0.25) is 0 Å². The highest BCUT2D eigenvalue weighted by molar-refractivity contribution is 6.51. The third-order valence-electron chi connectivity index (χ3n) is 4.99. The zero-order chi connectivity index (χ0) is 23.2. The Bertz CT molecular complexity index is 1300.